The van der Waals surface area contributed by atoms with Crippen LogP contribution < -0.4 is 0 Å². The number of carbonyl (C=O) groups excluding carboxylic acids is 3. The third-order valence-electron chi connectivity index (χ3n) is 6.99. The molecule has 0 saturated carbocycles. The maximum Gasteiger partial charge on any atom is 0.317 e. The van der Waals surface area contributed by atoms with E-state index in [1.54, 1.807) is 30.3 Å². The third kappa shape index (κ3) is 6.67. The van der Waals surface area contributed by atoms with Gasteiger partial charge in [0, 0.05) is 12.3 Å². The Labute approximate surface area is 237 Å². The summed E-state index contributed by atoms with van der Waals surface area (Å²) in [5.41, 5.74) is 3.71. The van der Waals surface area contributed by atoms with Crippen LogP contribution in [0.1, 0.15) is 56.6 Å². The lowest BCUT2D eigenvalue weighted by Crippen LogP contribution is -2.33. The van der Waals surface area contributed by atoms with Gasteiger partial charge in [-0.15, -0.1) is 0 Å². The number of halogens is 4. The summed E-state index contributed by atoms with van der Waals surface area (Å²) < 4.78 is 4.75. The minimum Gasteiger partial charge on any atom is -0.468 e. The Morgan fingerprint density at radius 1 is 0.838 bits per heavy atom. The van der Waals surface area contributed by atoms with Crippen LogP contribution in [-0.4, -0.2) is 24.6 Å². The summed E-state index contributed by atoms with van der Waals surface area (Å²) in [5, 5.41) is 1.92. The molecular weight excluding hydrogens is 554 g/mol. The molecule has 37 heavy (non-hydrogen) atoms. The molecule has 2 aromatic rings. The van der Waals surface area contributed by atoms with Gasteiger partial charge in [0.2, 0.25) is 0 Å². The number of ether oxygens (including phenoxy) is 1. The molecule has 0 fully saturated rings. The van der Waals surface area contributed by atoms with Gasteiger partial charge in [0.15, 0.2) is 11.6 Å². The van der Waals surface area contributed by atoms with E-state index in [0.29, 0.717) is 44.4 Å². The number of methoxy groups -OCH3 is 1. The Hall–Kier alpha value is -2.11. The van der Waals surface area contributed by atoms with E-state index in [-0.39, 0.29) is 23.4 Å². The molecule has 4 nitrogen and oxygen atoms in total. The second-order valence-corrected chi connectivity index (χ2v) is 11.0. The van der Waals surface area contributed by atoms with E-state index in [4.69, 9.17) is 51.1 Å². The van der Waals surface area contributed by atoms with Crippen LogP contribution in [0.15, 0.2) is 59.7 Å². The molecule has 0 spiro atoms. The average Bonchev–Trinajstić information content (AvgIpc) is 2.84. The van der Waals surface area contributed by atoms with E-state index >= 15 is 0 Å². The zero-order valence-electron chi connectivity index (χ0n) is 21.0. The smallest absolute Gasteiger partial charge is 0.317 e. The van der Waals surface area contributed by atoms with Gasteiger partial charge >= 0.3 is 5.97 Å². The molecule has 4 rings (SSSR count). The molecule has 4 unspecified atom stereocenters. The number of allylic oxidation sites excluding steroid dienone is 4. The number of ketones is 2. The molecule has 0 heterocycles. The SMILES string of the molecule is CC1=CC(=O)CC(c2cccc(Cl)c2Cl)C1C.COC(=O)C1C(=O)C=C(C)CC1c1cccc(Cl)c1Cl. The molecular formula is C29H28Cl4O4. The monoisotopic (exact) mass is 580 g/mol. The summed E-state index contributed by atoms with van der Waals surface area (Å²) in [6, 6.07) is 10.8. The van der Waals surface area contributed by atoms with E-state index in [1.807, 2.05) is 26.0 Å². The van der Waals surface area contributed by atoms with Crippen molar-refractivity contribution >= 4 is 63.9 Å². The highest BCUT2D eigenvalue weighted by atomic mass is 35.5. The van der Waals surface area contributed by atoms with Crippen molar-refractivity contribution in [2.45, 2.75) is 45.4 Å². The summed E-state index contributed by atoms with van der Waals surface area (Å²) in [4.78, 5) is 35.7. The van der Waals surface area contributed by atoms with Crippen molar-refractivity contribution in [3.63, 3.8) is 0 Å². The molecule has 0 bridgehead atoms. The van der Waals surface area contributed by atoms with Crippen LogP contribution in [0, 0.1) is 11.8 Å². The fourth-order valence-electron chi connectivity index (χ4n) is 4.90. The minimum absolute atomic E-state index is 0.138. The summed E-state index contributed by atoms with van der Waals surface area (Å²) in [6.07, 6.45) is 4.32. The Kier molecular flexibility index (Phi) is 10.0. The van der Waals surface area contributed by atoms with Crippen molar-refractivity contribution < 1.29 is 19.1 Å². The van der Waals surface area contributed by atoms with Crippen molar-refractivity contribution in [3.8, 4) is 0 Å². The van der Waals surface area contributed by atoms with Crippen LogP contribution in [0.3, 0.4) is 0 Å². The lowest BCUT2D eigenvalue weighted by Gasteiger charge is -2.29. The van der Waals surface area contributed by atoms with E-state index in [9.17, 15) is 14.4 Å². The molecule has 8 heteroatoms. The Morgan fingerprint density at radius 2 is 1.38 bits per heavy atom. The lowest BCUT2D eigenvalue weighted by atomic mass is 9.75. The molecule has 4 atom stereocenters. The Morgan fingerprint density at radius 3 is 1.92 bits per heavy atom. The van der Waals surface area contributed by atoms with Crippen molar-refractivity contribution in [3.05, 3.63) is 90.9 Å². The van der Waals surface area contributed by atoms with Crippen LogP contribution in [0.5, 0.6) is 0 Å². The topological polar surface area (TPSA) is 60.4 Å². The molecule has 0 amide bonds. The van der Waals surface area contributed by atoms with Crippen LogP contribution in [0.2, 0.25) is 20.1 Å². The fraction of sp³-hybridized carbons (Fsp3) is 0.345. The minimum atomic E-state index is -0.861. The maximum absolute atomic E-state index is 12.1. The highest BCUT2D eigenvalue weighted by Gasteiger charge is 2.39. The van der Waals surface area contributed by atoms with Gasteiger partial charge in [-0.25, -0.2) is 0 Å². The summed E-state index contributed by atoms with van der Waals surface area (Å²) >= 11 is 24.5. The van der Waals surface area contributed by atoms with Crippen molar-refractivity contribution in [2.75, 3.05) is 7.11 Å². The second kappa shape index (κ2) is 12.6. The maximum atomic E-state index is 12.1. The van der Waals surface area contributed by atoms with Crippen molar-refractivity contribution in [1.29, 1.82) is 0 Å². The molecule has 0 aromatic heterocycles. The van der Waals surface area contributed by atoms with Gasteiger partial charge in [-0.2, -0.15) is 0 Å². The van der Waals surface area contributed by atoms with Gasteiger partial charge in [0.1, 0.15) is 5.92 Å². The quantitative estimate of drug-likeness (QED) is 0.269. The van der Waals surface area contributed by atoms with Crippen molar-refractivity contribution in [1.82, 2.24) is 0 Å². The second-order valence-electron chi connectivity index (χ2n) is 9.44. The summed E-state index contributed by atoms with van der Waals surface area (Å²) in [7, 11) is 1.28. The number of rotatable bonds is 3. The largest absolute Gasteiger partial charge is 0.468 e. The van der Waals surface area contributed by atoms with Crippen molar-refractivity contribution in [2.24, 2.45) is 11.8 Å². The number of carbonyl (C=O) groups is 3. The molecule has 0 saturated heterocycles. The van der Waals surface area contributed by atoms with Gasteiger partial charge < -0.3 is 4.74 Å². The molecule has 0 radical (unpaired) electrons. The zero-order valence-corrected chi connectivity index (χ0v) is 24.0. The average molecular weight is 582 g/mol. The lowest BCUT2D eigenvalue weighted by molar-refractivity contribution is -0.149. The van der Waals surface area contributed by atoms with E-state index in [0.717, 1.165) is 16.7 Å². The van der Waals surface area contributed by atoms with Gasteiger partial charge in [0.05, 0.1) is 27.2 Å². The predicted octanol–water partition coefficient (Wildman–Crippen LogP) is 8.42. The molecule has 2 aromatic carbocycles. The standard InChI is InChI=1S/C15H14Cl2O3.C14H14Cl2O/c1-8-6-10(9-4-3-5-11(16)14(9)17)13(12(18)7-8)15(19)20-2;1-8-6-10(17)7-12(9(8)2)11-4-3-5-13(15)14(11)16/h3-5,7,10,13H,6H2,1-2H3;3-6,9,12H,7H2,1-2H3. The molecule has 2 aliphatic rings. The first-order valence-corrected chi connectivity index (χ1v) is 13.3. The van der Waals surface area contributed by atoms with Gasteiger partial charge in [-0.1, -0.05) is 88.7 Å². The van der Waals surface area contributed by atoms with Crippen LogP contribution in [0.4, 0.5) is 0 Å². The highest BCUT2D eigenvalue weighted by molar-refractivity contribution is 6.43. The number of hydrogen-bond acceptors (Lipinski definition) is 4. The predicted molar refractivity (Wildman–Crippen MR) is 150 cm³/mol. The zero-order chi connectivity index (χ0) is 27.4. The first kappa shape index (κ1) is 29.4. The molecule has 2 aliphatic carbocycles. The van der Waals surface area contributed by atoms with E-state index in [1.165, 1.54) is 13.2 Å². The number of benzene rings is 2. The first-order chi connectivity index (χ1) is 17.5. The van der Waals surface area contributed by atoms with Gasteiger partial charge in [0.25, 0.3) is 0 Å². The normalized spacial score (nSPS) is 23.5. The summed E-state index contributed by atoms with van der Waals surface area (Å²) in [6.45, 7) is 5.98. The van der Waals surface area contributed by atoms with Gasteiger partial charge in [-0.3, -0.25) is 14.4 Å². The van der Waals surface area contributed by atoms with Gasteiger partial charge in [-0.05, 0) is 67.5 Å². The Balaban J connectivity index is 0.000000208. The van der Waals surface area contributed by atoms with Crippen LogP contribution >= 0.6 is 46.4 Å². The Bertz CT molecular complexity index is 1280. The molecule has 196 valence electrons. The number of esters is 1. The molecule has 0 aliphatic heterocycles. The van der Waals surface area contributed by atoms with E-state index < -0.39 is 11.9 Å². The van der Waals surface area contributed by atoms with Crippen LogP contribution in [-0.2, 0) is 19.1 Å². The highest BCUT2D eigenvalue weighted by Crippen LogP contribution is 2.42. The number of hydrogen-bond donors (Lipinski definition) is 0. The molecule has 0 N–H and O–H groups in total. The fourth-order valence-corrected chi connectivity index (χ4v) is 5.80. The summed E-state index contributed by atoms with van der Waals surface area (Å²) in [5.74, 6) is -1.36. The first-order valence-electron chi connectivity index (χ1n) is 11.8. The van der Waals surface area contributed by atoms with Crippen LogP contribution in [0.25, 0.3) is 0 Å². The third-order valence-corrected chi connectivity index (χ3v) is 8.66. The van der Waals surface area contributed by atoms with E-state index in [2.05, 4.69) is 6.92 Å².